The molecular weight excluding hydrogens is 430 g/mol. The molecule has 2 bridgehead atoms. The average molecular weight is 460 g/mol. The molecule has 2 fully saturated rings. The molecule has 4 heterocycles. The number of anilines is 1. The van der Waals surface area contributed by atoms with Crippen molar-refractivity contribution < 1.29 is 14.3 Å². The van der Waals surface area contributed by atoms with Gasteiger partial charge in [-0.05, 0) is 69.2 Å². The van der Waals surface area contributed by atoms with Crippen molar-refractivity contribution in [1.29, 1.82) is 0 Å². The zero-order valence-corrected chi connectivity index (χ0v) is 19.4. The Labute approximate surface area is 198 Å². The van der Waals surface area contributed by atoms with E-state index in [9.17, 15) is 9.59 Å². The number of ether oxygens (including phenoxy) is 1. The molecule has 3 N–H and O–H groups in total. The minimum atomic E-state index is -1.07. The third-order valence-electron chi connectivity index (χ3n) is 6.90. The van der Waals surface area contributed by atoms with Gasteiger partial charge in [0.2, 0.25) is 11.8 Å². The lowest BCUT2D eigenvalue weighted by Gasteiger charge is -2.40. The number of fused-ring (bicyclic) bond motifs is 3. The Bertz CT molecular complexity index is 1210. The number of nitrogens with zero attached hydrogens (tertiary/aromatic N) is 3. The summed E-state index contributed by atoms with van der Waals surface area (Å²) in [6.45, 7) is 3.56. The monoisotopic (exact) mass is 459 g/mol. The Balaban J connectivity index is 1.25. The van der Waals surface area contributed by atoms with E-state index in [-0.39, 0.29) is 11.9 Å². The van der Waals surface area contributed by atoms with E-state index in [4.69, 9.17) is 10.5 Å². The first-order chi connectivity index (χ1) is 16.3. The number of nitrogens with two attached hydrogens (primary N) is 1. The van der Waals surface area contributed by atoms with Gasteiger partial charge in [0.15, 0.2) is 5.60 Å². The minimum Gasteiger partial charge on any atom is -0.461 e. The Kier molecular flexibility index (Phi) is 5.59. The molecule has 176 valence electrons. The SMILES string of the molecule is CC(C)(Oc1nccc2ccccc12)C(=O)NC1C[C@H]2CC[C@@H](C1)N2c1ccc(C(N)=O)cn1. The molecule has 3 atom stereocenters. The van der Waals surface area contributed by atoms with E-state index in [0.717, 1.165) is 42.3 Å². The van der Waals surface area contributed by atoms with Crippen LogP contribution in [0.5, 0.6) is 5.88 Å². The molecule has 0 radical (unpaired) electrons. The molecule has 1 unspecified atom stereocenters. The van der Waals surface area contributed by atoms with Gasteiger partial charge in [-0.25, -0.2) is 9.97 Å². The summed E-state index contributed by atoms with van der Waals surface area (Å²) in [6, 6.07) is 14.0. The lowest BCUT2D eigenvalue weighted by atomic mass is 9.96. The number of carbonyl (C=O) groups is 2. The molecule has 3 aromatic rings. The summed E-state index contributed by atoms with van der Waals surface area (Å²) < 4.78 is 6.13. The summed E-state index contributed by atoms with van der Waals surface area (Å²) in [5.74, 6) is 0.683. The van der Waals surface area contributed by atoms with Crippen LogP contribution in [0.15, 0.2) is 54.9 Å². The highest BCUT2D eigenvalue weighted by Gasteiger charge is 2.43. The van der Waals surface area contributed by atoms with Crippen molar-refractivity contribution in [3.8, 4) is 5.88 Å². The van der Waals surface area contributed by atoms with E-state index >= 15 is 0 Å². The summed E-state index contributed by atoms with van der Waals surface area (Å²) >= 11 is 0. The van der Waals surface area contributed by atoms with Gasteiger partial charge in [-0.15, -0.1) is 0 Å². The van der Waals surface area contributed by atoms with E-state index in [1.54, 1.807) is 26.1 Å². The summed E-state index contributed by atoms with van der Waals surface area (Å²) in [5.41, 5.74) is 4.67. The highest BCUT2D eigenvalue weighted by Crippen LogP contribution is 2.38. The van der Waals surface area contributed by atoms with E-state index < -0.39 is 11.5 Å². The number of aromatic nitrogens is 2. The van der Waals surface area contributed by atoms with Crippen molar-refractivity contribution in [3.63, 3.8) is 0 Å². The summed E-state index contributed by atoms with van der Waals surface area (Å²) in [5, 5.41) is 5.12. The van der Waals surface area contributed by atoms with Crippen molar-refractivity contribution in [1.82, 2.24) is 15.3 Å². The van der Waals surface area contributed by atoms with Crippen molar-refractivity contribution in [2.24, 2.45) is 5.73 Å². The summed E-state index contributed by atoms with van der Waals surface area (Å²) in [7, 11) is 0. The van der Waals surface area contributed by atoms with Crippen molar-refractivity contribution >= 4 is 28.4 Å². The fourth-order valence-corrected chi connectivity index (χ4v) is 5.17. The first-order valence-electron chi connectivity index (χ1n) is 11.7. The number of benzene rings is 1. The summed E-state index contributed by atoms with van der Waals surface area (Å²) in [6.07, 6.45) is 7.01. The molecule has 8 heteroatoms. The van der Waals surface area contributed by atoms with Gasteiger partial charge in [0, 0.05) is 35.9 Å². The first-order valence-corrected chi connectivity index (χ1v) is 11.7. The van der Waals surface area contributed by atoms with Gasteiger partial charge in [-0.3, -0.25) is 9.59 Å². The van der Waals surface area contributed by atoms with Crippen LogP contribution in [0, 0.1) is 0 Å². The van der Waals surface area contributed by atoms with Crippen LogP contribution >= 0.6 is 0 Å². The van der Waals surface area contributed by atoms with Gasteiger partial charge in [-0.2, -0.15) is 0 Å². The maximum Gasteiger partial charge on any atom is 0.263 e. The second kappa shape index (κ2) is 8.59. The summed E-state index contributed by atoms with van der Waals surface area (Å²) in [4.78, 5) is 35.7. The zero-order chi connectivity index (χ0) is 23.9. The van der Waals surface area contributed by atoms with Crippen LogP contribution in [0.1, 0.15) is 49.9 Å². The second-order valence-corrected chi connectivity index (χ2v) is 9.65. The number of hydrogen-bond acceptors (Lipinski definition) is 6. The number of rotatable bonds is 6. The number of carbonyl (C=O) groups excluding carboxylic acids is 2. The van der Waals surface area contributed by atoms with Crippen LogP contribution in [0.4, 0.5) is 5.82 Å². The lowest BCUT2D eigenvalue weighted by Crippen LogP contribution is -2.55. The number of nitrogens with one attached hydrogen (secondary N) is 1. The smallest absolute Gasteiger partial charge is 0.263 e. The van der Waals surface area contributed by atoms with Gasteiger partial charge in [-0.1, -0.05) is 18.2 Å². The molecule has 34 heavy (non-hydrogen) atoms. The molecule has 0 aliphatic carbocycles. The predicted octanol–water partition coefficient (Wildman–Crippen LogP) is 3.20. The van der Waals surface area contributed by atoms with Crippen LogP contribution in [-0.4, -0.2) is 45.5 Å². The quantitative estimate of drug-likeness (QED) is 0.586. The van der Waals surface area contributed by atoms with Gasteiger partial charge in [0.1, 0.15) is 5.82 Å². The molecule has 2 aliphatic heterocycles. The van der Waals surface area contributed by atoms with Crippen LogP contribution in [0.2, 0.25) is 0 Å². The number of amides is 2. The van der Waals surface area contributed by atoms with E-state index in [1.807, 2.05) is 36.4 Å². The van der Waals surface area contributed by atoms with E-state index in [0.29, 0.717) is 23.5 Å². The van der Waals surface area contributed by atoms with Gasteiger partial charge < -0.3 is 20.7 Å². The molecule has 2 aromatic heterocycles. The van der Waals surface area contributed by atoms with Gasteiger partial charge >= 0.3 is 0 Å². The highest BCUT2D eigenvalue weighted by atomic mass is 16.5. The molecule has 5 rings (SSSR count). The maximum atomic E-state index is 13.2. The molecule has 0 spiro atoms. The molecule has 1 aromatic carbocycles. The molecule has 0 saturated carbocycles. The predicted molar refractivity (Wildman–Crippen MR) is 130 cm³/mol. The fourth-order valence-electron chi connectivity index (χ4n) is 5.17. The molecule has 2 aliphatic rings. The fraction of sp³-hybridized carbons (Fsp3) is 0.385. The van der Waals surface area contributed by atoms with Crippen LogP contribution in [-0.2, 0) is 4.79 Å². The Morgan fingerprint density at radius 2 is 1.79 bits per heavy atom. The maximum absolute atomic E-state index is 13.2. The number of pyridine rings is 2. The second-order valence-electron chi connectivity index (χ2n) is 9.65. The number of piperidine rings is 1. The minimum absolute atomic E-state index is 0.0643. The number of primary amides is 1. The normalized spacial score (nSPS) is 21.9. The molecule has 2 amide bonds. The third-order valence-corrected chi connectivity index (χ3v) is 6.90. The first kappa shape index (κ1) is 22.1. The largest absolute Gasteiger partial charge is 0.461 e. The topological polar surface area (TPSA) is 110 Å². The molecule has 2 saturated heterocycles. The average Bonchev–Trinajstić information content (AvgIpc) is 3.09. The van der Waals surface area contributed by atoms with Gasteiger partial charge in [0.05, 0.1) is 5.56 Å². The third kappa shape index (κ3) is 4.16. The Hall–Kier alpha value is -3.68. The van der Waals surface area contributed by atoms with Crippen molar-refractivity contribution in [3.05, 3.63) is 60.4 Å². The zero-order valence-electron chi connectivity index (χ0n) is 19.4. The molecule has 8 nitrogen and oxygen atoms in total. The Morgan fingerprint density at radius 1 is 1.06 bits per heavy atom. The van der Waals surface area contributed by atoms with Crippen LogP contribution < -0.4 is 20.7 Å². The standard InChI is InChI=1S/C26H29N5O3/c1-26(2,34-24-21-6-4-3-5-16(21)11-12-28-24)25(33)30-18-13-19-8-9-20(14-18)31(19)22-10-7-17(15-29-22)23(27)32/h3-7,10-12,15,18-20H,8-9,13-14H2,1-2H3,(H2,27,32)(H,30,33)/t18?,19-,20+. The Morgan fingerprint density at radius 3 is 2.47 bits per heavy atom. The number of hydrogen-bond donors (Lipinski definition) is 2. The van der Waals surface area contributed by atoms with Crippen molar-refractivity contribution in [2.75, 3.05) is 4.90 Å². The van der Waals surface area contributed by atoms with Gasteiger partial charge in [0.25, 0.3) is 5.91 Å². The highest BCUT2D eigenvalue weighted by molar-refractivity contribution is 5.92. The van der Waals surface area contributed by atoms with Crippen molar-refractivity contribution in [2.45, 2.75) is 63.3 Å². The van der Waals surface area contributed by atoms with Crippen LogP contribution in [0.3, 0.4) is 0 Å². The van der Waals surface area contributed by atoms with Crippen LogP contribution in [0.25, 0.3) is 10.8 Å². The van der Waals surface area contributed by atoms with E-state index in [1.165, 1.54) is 6.20 Å². The lowest BCUT2D eigenvalue weighted by molar-refractivity contribution is -0.135. The van der Waals surface area contributed by atoms with E-state index in [2.05, 4.69) is 20.2 Å². The molecular formula is C26H29N5O3.